The van der Waals surface area contributed by atoms with E-state index in [0.717, 1.165) is 36.8 Å². The minimum atomic E-state index is 0.618. The van der Waals surface area contributed by atoms with E-state index in [9.17, 15) is 0 Å². The normalized spacial score (nSPS) is 45.6. The summed E-state index contributed by atoms with van der Waals surface area (Å²) in [5.41, 5.74) is 0. The molecule has 0 aromatic rings. The van der Waals surface area contributed by atoms with E-state index >= 15 is 0 Å². The SMILES string of the molecule is CN(C)CCOC1C2CC3CC(C2)CC1C3. The van der Waals surface area contributed by atoms with Crippen LogP contribution in [0.1, 0.15) is 32.1 Å². The monoisotopic (exact) mass is 223 g/mol. The second-order valence-corrected chi connectivity index (χ2v) is 6.57. The lowest BCUT2D eigenvalue weighted by atomic mass is 9.55. The van der Waals surface area contributed by atoms with Crippen LogP contribution in [0.15, 0.2) is 0 Å². The number of ether oxygens (including phenoxy) is 1. The van der Waals surface area contributed by atoms with Gasteiger partial charge >= 0.3 is 0 Å². The molecule has 4 bridgehead atoms. The smallest absolute Gasteiger partial charge is 0.0632 e. The Morgan fingerprint density at radius 1 is 0.938 bits per heavy atom. The van der Waals surface area contributed by atoms with E-state index in [1.54, 1.807) is 0 Å². The molecule has 4 fully saturated rings. The third kappa shape index (κ3) is 2.02. The maximum atomic E-state index is 6.19. The van der Waals surface area contributed by atoms with Gasteiger partial charge in [0.1, 0.15) is 0 Å². The number of rotatable bonds is 4. The minimum absolute atomic E-state index is 0.618. The van der Waals surface area contributed by atoms with E-state index < -0.39 is 0 Å². The fourth-order valence-electron chi connectivity index (χ4n) is 4.52. The maximum Gasteiger partial charge on any atom is 0.0632 e. The maximum absolute atomic E-state index is 6.19. The highest BCUT2D eigenvalue weighted by Gasteiger charge is 2.48. The zero-order chi connectivity index (χ0) is 11.1. The molecule has 0 spiro atoms. The van der Waals surface area contributed by atoms with Gasteiger partial charge in [0.25, 0.3) is 0 Å². The molecule has 0 aromatic heterocycles. The summed E-state index contributed by atoms with van der Waals surface area (Å²) in [6, 6.07) is 0. The van der Waals surface area contributed by atoms with E-state index in [4.69, 9.17) is 4.74 Å². The van der Waals surface area contributed by atoms with Crippen molar-refractivity contribution in [3.8, 4) is 0 Å². The van der Waals surface area contributed by atoms with Crippen LogP contribution in [-0.4, -0.2) is 38.3 Å². The molecular formula is C14H25NO. The van der Waals surface area contributed by atoms with Gasteiger partial charge in [-0.15, -0.1) is 0 Å². The molecule has 92 valence electrons. The van der Waals surface area contributed by atoms with Gasteiger partial charge < -0.3 is 9.64 Å². The van der Waals surface area contributed by atoms with Crippen LogP contribution in [0.5, 0.6) is 0 Å². The first-order chi connectivity index (χ1) is 7.72. The molecule has 0 atom stereocenters. The molecule has 0 aliphatic heterocycles. The van der Waals surface area contributed by atoms with E-state index in [2.05, 4.69) is 19.0 Å². The standard InChI is InChI=1S/C14H25NO/c1-15(2)3-4-16-14-12-6-10-5-11(8-12)9-13(14)7-10/h10-14H,3-9H2,1-2H3. The summed E-state index contributed by atoms with van der Waals surface area (Å²) >= 11 is 0. The molecule has 0 heterocycles. The van der Waals surface area contributed by atoms with Gasteiger partial charge in [0.15, 0.2) is 0 Å². The zero-order valence-corrected chi connectivity index (χ0v) is 10.7. The van der Waals surface area contributed by atoms with Crippen molar-refractivity contribution in [2.24, 2.45) is 23.7 Å². The first kappa shape index (κ1) is 11.0. The molecule has 4 aliphatic carbocycles. The lowest BCUT2D eigenvalue weighted by molar-refractivity contribution is -0.127. The molecule has 4 saturated carbocycles. The summed E-state index contributed by atoms with van der Waals surface area (Å²) in [6.45, 7) is 2.00. The van der Waals surface area contributed by atoms with Crippen molar-refractivity contribution >= 4 is 0 Å². The van der Waals surface area contributed by atoms with Gasteiger partial charge in [-0.3, -0.25) is 0 Å². The average molecular weight is 223 g/mol. The van der Waals surface area contributed by atoms with Gasteiger partial charge in [0.05, 0.1) is 12.7 Å². The lowest BCUT2D eigenvalue weighted by Crippen LogP contribution is -2.49. The van der Waals surface area contributed by atoms with E-state index in [0.29, 0.717) is 6.10 Å². The molecule has 0 N–H and O–H groups in total. The summed E-state index contributed by atoms with van der Waals surface area (Å²) in [4.78, 5) is 2.22. The Hall–Kier alpha value is -0.0800. The summed E-state index contributed by atoms with van der Waals surface area (Å²) in [5, 5.41) is 0. The molecule has 4 rings (SSSR count). The second kappa shape index (κ2) is 4.30. The van der Waals surface area contributed by atoms with Crippen LogP contribution in [0.2, 0.25) is 0 Å². The molecule has 0 saturated heterocycles. The molecule has 0 amide bonds. The van der Waals surface area contributed by atoms with Crippen molar-refractivity contribution in [1.29, 1.82) is 0 Å². The van der Waals surface area contributed by atoms with Crippen LogP contribution in [0.25, 0.3) is 0 Å². The third-order valence-corrected chi connectivity index (χ3v) is 4.99. The Kier molecular flexibility index (Phi) is 2.97. The van der Waals surface area contributed by atoms with Crippen molar-refractivity contribution in [3.63, 3.8) is 0 Å². The molecule has 0 unspecified atom stereocenters. The van der Waals surface area contributed by atoms with Gasteiger partial charge in [0.2, 0.25) is 0 Å². The van der Waals surface area contributed by atoms with Crippen LogP contribution in [0, 0.1) is 23.7 Å². The van der Waals surface area contributed by atoms with Crippen LogP contribution >= 0.6 is 0 Å². The minimum Gasteiger partial charge on any atom is -0.376 e. The van der Waals surface area contributed by atoms with E-state index in [1.165, 1.54) is 32.1 Å². The van der Waals surface area contributed by atoms with Gasteiger partial charge in [-0.2, -0.15) is 0 Å². The van der Waals surface area contributed by atoms with E-state index in [1.807, 2.05) is 0 Å². The molecular weight excluding hydrogens is 198 g/mol. The van der Waals surface area contributed by atoms with Crippen molar-refractivity contribution in [2.75, 3.05) is 27.2 Å². The predicted molar refractivity (Wildman–Crippen MR) is 65.3 cm³/mol. The fraction of sp³-hybridized carbons (Fsp3) is 1.00. The molecule has 2 heteroatoms. The summed E-state index contributed by atoms with van der Waals surface area (Å²) in [6.07, 6.45) is 8.04. The summed E-state index contributed by atoms with van der Waals surface area (Å²) in [7, 11) is 4.25. The highest BCUT2D eigenvalue weighted by Crippen LogP contribution is 2.54. The predicted octanol–water partition coefficient (Wildman–Crippen LogP) is 2.39. The molecule has 0 aromatic carbocycles. The van der Waals surface area contributed by atoms with Crippen molar-refractivity contribution in [1.82, 2.24) is 4.90 Å². The molecule has 4 aliphatic rings. The number of nitrogens with zero attached hydrogens (tertiary/aromatic N) is 1. The Morgan fingerprint density at radius 2 is 1.50 bits per heavy atom. The Bertz CT molecular complexity index is 223. The van der Waals surface area contributed by atoms with Crippen LogP contribution in [0.3, 0.4) is 0 Å². The summed E-state index contributed by atoms with van der Waals surface area (Å²) < 4.78 is 6.19. The first-order valence-electron chi connectivity index (χ1n) is 6.98. The Balaban J connectivity index is 1.55. The average Bonchev–Trinajstić information content (AvgIpc) is 2.20. The fourth-order valence-corrected chi connectivity index (χ4v) is 4.52. The highest BCUT2D eigenvalue weighted by atomic mass is 16.5. The van der Waals surface area contributed by atoms with Crippen molar-refractivity contribution in [2.45, 2.75) is 38.2 Å². The number of hydrogen-bond donors (Lipinski definition) is 0. The first-order valence-corrected chi connectivity index (χ1v) is 6.98. The largest absolute Gasteiger partial charge is 0.376 e. The highest BCUT2D eigenvalue weighted by molar-refractivity contribution is 4.98. The number of likely N-dealkylation sites (N-methyl/N-ethyl adjacent to an activating group) is 1. The van der Waals surface area contributed by atoms with E-state index in [-0.39, 0.29) is 0 Å². The zero-order valence-electron chi connectivity index (χ0n) is 10.7. The molecule has 2 nitrogen and oxygen atoms in total. The van der Waals surface area contributed by atoms with Crippen LogP contribution in [0.4, 0.5) is 0 Å². The summed E-state index contributed by atoms with van der Waals surface area (Å²) in [5.74, 6) is 3.96. The quantitative estimate of drug-likeness (QED) is 0.725. The lowest BCUT2D eigenvalue weighted by Gasteiger charge is -2.54. The molecule has 0 radical (unpaired) electrons. The van der Waals surface area contributed by atoms with Crippen molar-refractivity contribution < 1.29 is 4.74 Å². The van der Waals surface area contributed by atoms with Gasteiger partial charge in [-0.05, 0) is 69.9 Å². The second-order valence-electron chi connectivity index (χ2n) is 6.57. The van der Waals surface area contributed by atoms with Gasteiger partial charge in [0, 0.05) is 6.54 Å². The third-order valence-electron chi connectivity index (χ3n) is 4.99. The topological polar surface area (TPSA) is 12.5 Å². The van der Waals surface area contributed by atoms with Crippen molar-refractivity contribution in [3.05, 3.63) is 0 Å². The number of hydrogen-bond acceptors (Lipinski definition) is 2. The van der Waals surface area contributed by atoms with Gasteiger partial charge in [-0.1, -0.05) is 0 Å². The van der Waals surface area contributed by atoms with Crippen LogP contribution in [-0.2, 0) is 4.74 Å². The Morgan fingerprint density at radius 3 is 2.00 bits per heavy atom. The molecule has 16 heavy (non-hydrogen) atoms. The van der Waals surface area contributed by atoms with Gasteiger partial charge in [-0.25, -0.2) is 0 Å². The Labute approximate surface area is 99.3 Å². The van der Waals surface area contributed by atoms with Crippen LogP contribution < -0.4 is 0 Å².